The van der Waals surface area contributed by atoms with Crippen LogP contribution < -0.4 is 4.72 Å². The van der Waals surface area contributed by atoms with E-state index in [0.717, 1.165) is 19.5 Å². The molecule has 0 bridgehead atoms. The first-order valence-corrected chi connectivity index (χ1v) is 8.65. The fraction of sp³-hybridized carbons (Fsp3) is 0.714. The van der Waals surface area contributed by atoms with Gasteiger partial charge in [0.05, 0.1) is 6.61 Å². The van der Waals surface area contributed by atoms with E-state index in [1.165, 1.54) is 0 Å². The van der Waals surface area contributed by atoms with E-state index < -0.39 is 10.0 Å². The van der Waals surface area contributed by atoms with E-state index in [9.17, 15) is 13.5 Å². The van der Waals surface area contributed by atoms with Gasteiger partial charge in [-0.3, -0.25) is 0 Å². The van der Waals surface area contributed by atoms with Crippen molar-refractivity contribution in [2.75, 3.05) is 20.1 Å². The number of sulfonamides is 1. The van der Waals surface area contributed by atoms with Gasteiger partial charge < -0.3 is 14.4 Å². The topological polar surface area (TPSA) is 82.8 Å². The van der Waals surface area contributed by atoms with Gasteiger partial charge in [0.1, 0.15) is 16.4 Å². The molecule has 2 N–H and O–H groups in total. The summed E-state index contributed by atoms with van der Waals surface area (Å²) in [7, 11) is -1.65. The second-order valence-electron chi connectivity index (χ2n) is 5.94. The predicted octanol–water partition coefficient (Wildman–Crippen LogP) is 1.01. The lowest BCUT2D eigenvalue weighted by molar-refractivity contribution is 0.188. The fourth-order valence-electron chi connectivity index (χ4n) is 3.03. The molecule has 2 unspecified atom stereocenters. The maximum absolute atomic E-state index is 12.6. The molecule has 0 aliphatic carbocycles. The van der Waals surface area contributed by atoms with E-state index in [4.69, 9.17) is 4.42 Å². The van der Waals surface area contributed by atoms with E-state index in [0.29, 0.717) is 17.1 Å². The third-order valence-electron chi connectivity index (χ3n) is 4.17. The van der Waals surface area contributed by atoms with Crippen LogP contribution in [0.3, 0.4) is 0 Å². The van der Waals surface area contributed by atoms with E-state index in [1.807, 2.05) is 14.0 Å². The number of hydrogen-bond acceptors (Lipinski definition) is 5. The van der Waals surface area contributed by atoms with Crippen LogP contribution in [0.5, 0.6) is 0 Å². The molecule has 1 fully saturated rings. The third-order valence-corrected chi connectivity index (χ3v) is 5.85. The van der Waals surface area contributed by atoms with Crippen molar-refractivity contribution in [3.05, 3.63) is 17.1 Å². The Balaban J connectivity index is 2.27. The summed E-state index contributed by atoms with van der Waals surface area (Å²) in [6, 6.07) is -0.0904. The number of furan rings is 1. The van der Waals surface area contributed by atoms with Crippen LogP contribution in [0.25, 0.3) is 0 Å². The highest BCUT2D eigenvalue weighted by Crippen LogP contribution is 2.28. The Morgan fingerprint density at radius 2 is 2.05 bits per heavy atom. The van der Waals surface area contributed by atoms with Crippen molar-refractivity contribution in [1.82, 2.24) is 9.62 Å². The largest absolute Gasteiger partial charge is 0.465 e. The van der Waals surface area contributed by atoms with Crippen LogP contribution in [-0.2, 0) is 16.6 Å². The number of hydrogen-bond donors (Lipinski definition) is 2. The van der Waals surface area contributed by atoms with E-state index in [2.05, 4.69) is 9.62 Å². The number of rotatable bonds is 4. The molecular weight excluding hydrogens is 292 g/mol. The molecule has 0 spiro atoms. The highest BCUT2D eigenvalue weighted by Gasteiger charge is 2.32. The average molecular weight is 316 g/mol. The van der Waals surface area contributed by atoms with Gasteiger partial charge in [-0.25, -0.2) is 13.1 Å². The number of nitrogens with zero attached hydrogens (tertiary/aromatic N) is 1. The quantitative estimate of drug-likeness (QED) is 0.866. The van der Waals surface area contributed by atoms with Gasteiger partial charge in [0.25, 0.3) is 0 Å². The van der Waals surface area contributed by atoms with Crippen molar-refractivity contribution in [1.29, 1.82) is 0 Å². The van der Waals surface area contributed by atoms with Crippen LogP contribution in [0.4, 0.5) is 0 Å². The molecule has 0 amide bonds. The minimum Gasteiger partial charge on any atom is -0.465 e. The molecule has 0 aromatic carbocycles. The first-order chi connectivity index (χ1) is 9.76. The lowest BCUT2D eigenvalue weighted by Gasteiger charge is -2.34. The SMILES string of the molecule is Cc1oc(C)c(S(=O)(=O)NC2CCN(C)CC2C)c1CO. The van der Waals surface area contributed by atoms with Crippen LogP contribution in [0.15, 0.2) is 9.31 Å². The molecule has 2 rings (SSSR count). The normalized spacial score (nSPS) is 24.4. The van der Waals surface area contributed by atoms with Crippen molar-refractivity contribution in [2.24, 2.45) is 5.92 Å². The molecule has 1 aliphatic rings. The summed E-state index contributed by atoms with van der Waals surface area (Å²) in [6.45, 7) is 6.71. The Kier molecular flexibility index (Phi) is 4.77. The first kappa shape index (κ1) is 16.5. The van der Waals surface area contributed by atoms with Crippen molar-refractivity contribution in [2.45, 2.75) is 44.7 Å². The summed E-state index contributed by atoms with van der Waals surface area (Å²) in [5.41, 5.74) is 0.348. The highest BCUT2D eigenvalue weighted by atomic mass is 32.2. The molecule has 6 nitrogen and oxygen atoms in total. The summed E-state index contributed by atoms with van der Waals surface area (Å²) >= 11 is 0. The van der Waals surface area contributed by atoms with Crippen LogP contribution in [-0.4, -0.2) is 44.6 Å². The molecule has 2 atom stereocenters. The minimum atomic E-state index is -3.69. The smallest absolute Gasteiger partial charge is 0.244 e. The average Bonchev–Trinajstić information content (AvgIpc) is 2.67. The number of aliphatic hydroxyl groups excluding tert-OH is 1. The minimum absolute atomic E-state index is 0.0904. The first-order valence-electron chi connectivity index (χ1n) is 7.17. The highest BCUT2D eigenvalue weighted by molar-refractivity contribution is 7.89. The van der Waals surface area contributed by atoms with Gasteiger partial charge in [-0.2, -0.15) is 0 Å². The Morgan fingerprint density at radius 3 is 2.62 bits per heavy atom. The van der Waals surface area contributed by atoms with Gasteiger partial charge in [-0.1, -0.05) is 6.92 Å². The monoisotopic (exact) mass is 316 g/mol. The van der Waals surface area contributed by atoms with Crippen LogP contribution in [0.2, 0.25) is 0 Å². The van der Waals surface area contributed by atoms with Crippen molar-refractivity contribution < 1.29 is 17.9 Å². The lowest BCUT2D eigenvalue weighted by Crippen LogP contribution is -2.48. The lowest BCUT2D eigenvalue weighted by atomic mass is 9.95. The van der Waals surface area contributed by atoms with Crippen molar-refractivity contribution in [3.63, 3.8) is 0 Å². The standard InChI is InChI=1S/C14H24N2O4S/c1-9-7-16(4)6-5-13(9)15-21(18,19)14-11(3)20-10(2)12(14)8-17/h9,13,15,17H,5-8H2,1-4H3. The van der Waals surface area contributed by atoms with Crippen LogP contribution in [0, 0.1) is 19.8 Å². The second kappa shape index (κ2) is 6.08. The van der Waals surface area contributed by atoms with Crippen LogP contribution in [0.1, 0.15) is 30.4 Å². The number of likely N-dealkylation sites (tertiary alicyclic amines) is 1. The molecule has 1 aromatic rings. The maximum atomic E-state index is 12.6. The zero-order valence-corrected chi connectivity index (χ0v) is 13.8. The van der Waals surface area contributed by atoms with E-state index in [-0.39, 0.29) is 23.5 Å². The zero-order valence-electron chi connectivity index (χ0n) is 13.0. The molecular formula is C14H24N2O4S. The second-order valence-corrected chi connectivity index (χ2v) is 7.59. The Bertz CT molecular complexity index is 609. The Labute approximate surface area is 126 Å². The molecule has 0 radical (unpaired) electrons. The predicted molar refractivity (Wildman–Crippen MR) is 79.5 cm³/mol. The maximum Gasteiger partial charge on any atom is 0.244 e. The van der Waals surface area contributed by atoms with E-state index in [1.54, 1.807) is 13.8 Å². The van der Waals surface area contributed by atoms with Gasteiger partial charge in [-0.15, -0.1) is 0 Å². The number of piperidine rings is 1. The number of aryl methyl sites for hydroxylation is 2. The molecule has 7 heteroatoms. The summed E-state index contributed by atoms with van der Waals surface area (Å²) in [4.78, 5) is 2.29. The Morgan fingerprint density at radius 1 is 1.38 bits per heavy atom. The molecule has 1 saturated heterocycles. The summed E-state index contributed by atoms with van der Waals surface area (Å²) in [6.07, 6.45) is 0.779. The van der Waals surface area contributed by atoms with Crippen LogP contribution >= 0.6 is 0 Å². The summed E-state index contributed by atoms with van der Waals surface area (Å²) in [5, 5.41) is 9.41. The fourth-order valence-corrected chi connectivity index (χ4v) is 4.85. The third kappa shape index (κ3) is 3.31. The van der Waals surface area contributed by atoms with Gasteiger partial charge >= 0.3 is 0 Å². The summed E-state index contributed by atoms with van der Waals surface area (Å²) < 4.78 is 33.4. The van der Waals surface area contributed by atoms with Crippen molar-refractivity contribution in [3.8, 4) is 0 Å². The Hall–Kier alpha value is -0.890. The van der Waals surface area contributed by atoms with Crippen molar-refractivity contribution >= 4 is 10.0 Å². The van der Waals surface area contributed by atoms with Gasteiger partial charge in [0.2, 0.25) is 10.0 Å². The van der Waals surface area contributed by atoms with Gasteiger partial charge in [-0.05, 0) is 39.8 Å². The molecule has 0 saturated carbocycles. The van der Waals surface area contributed by atoms with Gasteiger partial charge in [0, 0.05) is 18.2 Å². The number of aliphatic hydroxyl groups is 1. The molecule has 120 valence electrons. The molecule has 1 aromatic heterocycles. The zero-order chi connectivity index (χ0) is 15.8. The molecule has 1 aliphatic heterocycles. The number of nitrogens with one attached hydrogen (secondary N) is 1. The molecule has 21 heavy (non-hydrogen) atoms. The summed E-state index contributed by atoms with van der Waals surface area (Å²) in [5.74, 6) is 1.01. The van der Waals surface area contributed by atoms with E-state index >= 15 is 0 Å². The molecule has 2 heterocycles. The van der Waals surface area contributed by atoms with Gasteiger partial charge in [0.15, 0.2) is 0 Å².